The summed E-state index contributed by atoms with van der Waals surface area (Å²) in [6.07, 6.45) is 5.32. The molecule has 1 aliphatic carbocycles. The minimum atomic E-state index is 0.327. The topological polar surface area (TPSA) is 29.3 Å². The predicted octanol–water partition coefficient (Wildman–Crippen LogP) is 2.87. The summed E-state index contributed by atoms with van der Waals surface area (Å²) in [5, 5.41) is 0. The molecule has 2 rings (SSSR count). The van der Waals surface area contributed by atoms with Crippen LogP contribution in [0, 0.1) is 17.3 Å². The Kier molecular flexibility index (Phi) is 3.57. The molecule has 2 fully saturated rings. The summed E-state index contributed by atoms with van der Waals surface area (Å²) >= 11 is 0. The Morgan fingerprint density at radius 2 is 2.00 bits per heavy atom. The highest BCUT2D eigenvalue weighted by molar-refractivity contribution is 5.04. The smallest absolute Gasteiger partial charge is 0.0337 e. The molecule has 0 radical (unpaired) electrons. The van der Waals surface area contributed by atoms with Crippen molar-refractivity contribution in [3.8, 4) is 0 Å². The molecule has 100 valence electrons. The van der Waals surface area contributed by atoms with Gasteiger partial charge in [-0.2, -0.15) is 0 Å². The molecule has 0 aromatic heterocycles. The lowest BCUT2D eigenvalue weighted by Gasteiger charge is -2.39. The van der Waals surface area contributed by atoms with Crippen molar-refractivity contribution in [1.29, 1.82) is 0 Å². The monoisotopic (exact) mass is 238 g/mol. The van der Waals surface area contributed by atoms with Crippen LogP contribution in [0.2, 0.25) is 0 Å². The summed E-state index contributed by atoms with van der Waals surface area (Å²) < 4.78 is 0. The molecule has 1 saturated carbocycles. The molecule has 2 nitrogen and oxygen atoms in total. The van der Waals surface area contributed by atoms with Gasteiger partial charge in [-0.05, 0) is 49.5 Å². The molecule has 2 aliphatic rings. The SMILES string of the molecule is CC(C)C1CCN(C2(CN)CCC(C)(C)C2)C1. The van der Waals surface area contributed by atoms with Gasteiger partial charge in [-0.1, -0.05) is 27.7 Å². The van der Waals surface area contributed by atoms with Crippen LogP contribution in [0.5, 0.6) is 0 Å². The number of rotatable bonds is 3. The van der Waals surface area contributed by atoms with Gasteiger partial charge in [0.15, 0.2) is 0 Å². The quantitative estimate of drug-likeness (QED) is 0.819. The van der Waals surface area contributed by atoms with E-state index in [9.17, 15) is 0 Å². The maximum Gasteiger partial charge on any atom is 0.0337 e. The van der Waals surface area contributed by atoms with Crippen LogP contribution in [0.15, 0.2) is 0 Å². The Labute approximate surface area is 107 Å². The normalized spacial score (nSPS) is 38.1. The second kappa shape index (κ2) is 4.55. The molecule has 17 heavy (non-hydrogen) atoms. The molecule has 1 saturated heterocycles. The molecular weight excluding hydrogens is 208 g/mol. The van der Waals surface area contributed by atoms with Crippen molar-refractivity contribution in [2.45, 2.75) is 58.9 Å². The molecule has 2 atom stereocenters. The van der Waals surface area contributed by atoms with Crippen LogP contribution >= 0.6 is 0 Å². The van der Waals surface area contributed by atoms with Gasteiger partial charge < -0.3 is 5.73 Å². The van der Waals surface area contributed by atoms with Crippen LogP contribution in [0.3, 0.4) is 0 Å². The van der Waals surface area contributed by atoms with Gasteiger partial charge in [0.25, 0.3) is 0 Å². The molecule has 1 heterocycles. The minimum Gasteiger partial charge on any atom is -0.329 e. The summed E-state index contributed by atoms with van der Waals surface area (Å²) in [4.78, 5) is 2.73. The van der Waals surface area contributed by atoms with E-state index in [0.717, 1.165) is 18.4 Å². The van der Waals surface area contributed by atoms with E-state index in [1.165, 1.54) is 38.8 Å². The largest absolute Gasteiger partial charge is 0.329 e. The molecule has 2 unspecified atom stereocenters. The predicted molar refractivity (Wildman–Crippen MR) is 73.9 cm³/mol. The van der Waals surface area contributed by atoms with Crippen LogP contribution in [0.25, 0.3) is 0 Å². The van der Waals surface area contributed by atoms with E-state index >= 15 is 0 Å². The molecule has 0 amide bonds. The van der Waals surface area contributed by atoms with Crippen molar-refractivity contribution in [3.05, 3.63) is 0 Å². The maximum absolute atomic E-state index is 6.15. The first-order valence-corrected chi connectivity index (χ1v) is 7.34. The van der Waals surface area contributed by atoms with Crippen LogP contribution in [-0.2, 0) is 0 Å². The Hall–Kier alpha value is -0.0800. The first-order chi connectivity index (χ1) is 7.88. The van der Waals surface area contributed by atoms with Gasteiger partial charge in [0.1, 0.15) is 0 Å². The molecule has 0 aromatic rings. The van der Waals surface area contributed by atoms with E-state index in [0.29, 0.717) is 11.0 Å². The number of nitrogens with two attached hydrogens (primary N) is 1. The maximum atomic E-state index is 6.15. The molecular formula is C15H30N2. The third-order valence-electron chi connectivity index (χ3n) is 5.29. The fourth-order valence-electron chi connectivity index (χ4n) is 3.97. The van der Waals surface area contributed by atoms with Gasteiger partial charge in [0, 0.05) is 18.6 Å². The van der Waals surface area contributed by atoms with Gasteiger partial charge in [-0.25, -0.2) is 0 Å². The highest BCUT2D eigenvalue weighted by atomic mass is 15.2. The van der Waals surface area contributed by atoms with Crippen molar-refractivity contribution < 1.29 is 0 Å². The van der Waals surface area contributed by atoms with Crippen molar-refractivity contribution in [3.63, 3.8) is 0 Å². The van der Waals surface area contributed by atoms with Crippen LogP contribution in [0.1, 0.15) is 53.4 Å². The lowest BCUT2D eigenvalue weighted by molar-refractivity contribution is 0.109. The first-order valence-electron chi connectivity index (χ1n) is 7.34. The number of nitrogens with zero attached hydrogens (tertiary/aromatic N) is 1. The summed E-state index contributed by atoms with van der Waals surface area (Å²) in [7, 11) is 0. The summed E-state index contributed by atoms with van der Waals surface area (Å²) in [6.45, 7) is 12.9. The fraction of sp³-hybridized carbons (Fsp3) is 1.00. The summed E-state index contributed by atoms with van der Waals surface area (Å²) in [5.74, 6) is 1.71. The Balaban J connectivity index is 2.06. The molecule has 2 heteroatoms. The molecule has 1 aliphatic heterocycles. The van der Waals surface area contributed by atoms with Gasteiger partial charge >= 0.3 is 0 Å². The number of likely N-dealkylation sites (tertiary alicyclic amines) is 1. The van der Waals surface area contributed by atoms with Crippen LogP contribution in [0.4, 0.5) is 0 Å². The third kappa shape index (κ3) is 2.53. The highest BCUT2D eigenvalue weighted by Crippen LogP contribution is 2.47. The van der Waals surface area contributed by atoms with E-state index in [1.807, 2.05) is 0 Å². The fourth-order valence-corrected chi connectivity index (χ4v) is 3.97. The lowest BCUT2D eigenvalue weighted by Crippen LogP contribution is -2.51. The number of hydrogen-bond donors (Lipinski definition) is 1. The number of hydrogen-bond acceptors (Lipinski definition) is 2. The summed E-state index contributed by atoms with van der Waals surface area (Å²) in [5.41, 5.74) is 6.97. The van der Waals surface area contributed by atoms with Gasteiger partial charge in [-0.3, -0.25) is 4.90 Å². The first kappa shape index (κ1) is 13.4. The standard InChI is InChI=1S/C15H30N2/c1-12(2)13-5-8-17(9-13)15(11-16)7-6-14(3,4)10-15/h12-13H,5-11,16H2,1-4H3. The van der Waals surface area contributed by atoms with E-state index in [4.69, 9.17) is 5.73 Å². The minimum absolute atomic E-state index is 0.327. The Morgan fingerprint density at radius 3 is 2.41 bits per heavy atom. The van der Waals surface area contributed by atoms with Crippen LogP contribution < -0.4 is 5.73 Å². The van der Waals surface area contributed by atoms with Crippen molar-refractivity contribution in [2.75, 3.05) is 19.6 Å². The highest BCUT2D eigenvalue weighted by Gasteiger charge is 2.47. The van der Waals surface area contributed by atoms with Crippen molar-refractivity contribution in [2.24, 2.45) is 23.0 Å². The summed E-state index contributed by atoms with van der Waals surface area (Å²) in [6, 6.07) is 0. The van der Waals surface area contributed by atoms with E-state index in [1.54, 1.807) is 0 Å². The molecule has 0 bridgehead atoms. The molecule has 0 aromatic carbocycles. The Morgan fingerprint density at radius 1 is 1.29 bits per heavy atom. The van der Waals surface area contributed by atoms with Crippen molar-refractivity contribution >= 4 is 0 Å². The van der Waals surface area contributed by atoms with Crippen LogP contribution in [-0.4, -0.2) is 30.1 Å². The average molecular weight is 238 g/mol. The third-order valence-corrected chi connectivity index (χ3v) is 5.29. The molecule has 2 N–H and O–H groups in total. The zero-order chi connectivity index (χ0) is 12.7. The second-order valence-corrected chi connectivity index (χ2v) is 7.51. The van der Waals surface area contributed by atoms with E-state index < -0.39 is 0 Å². The van der Waals surface area contributed by atoms with Gasteiger partial charge in [0.05, 0.1) is 0 Å². The second-order valence-electron chi connectivity index (χ2n) is 7.51. The van der Waals surface area contributed by atoms with Crippen molar-refractivity contribution in [1.82, 2.24) is 4.90 Å². The van der Waals surface area contributed by atoms with E-state index in [2.05, 4.69) is 32.6 Å². The zero-order valence-corrected chi connectivity index (χ0v) is 12.1. The van der Waals surface area contributed by atoms with E-state index in [-0.39, 0.29) is 0 Å². The zero-order valence-electron chi connectivity index (χ0n) is 12.1. The molecule has 0 spiro atoms. The lowest BCUT2D eigenvalue weighted by atomic mass is 9.86. The average Bonchev–Trinajstić information content (AvgIpc) is 2.83. The Bertz CT molecular complexity index is 272. The van der Waals surface area contributed by atoms with Gasteiger partial charge in [0.2, 0.25) is 0 Å². The van der Waals surface area contributed by atoms with Gasteiger partial charge in [-0.15, -0.1) is 0 Å².